The smallest absolute Gasteiger partial charge is 0.222 e. The standard InChI is InChI=1S/C13H23N3O.2ClH/c14-13-10-3-4-11(13)9-15(8-10)6-7-16-5-1-2-12(16)17;;/h10-11,13H,1-9,14H2;2*1H/t10-,11+,13?;;. The van der Waals surface area contributed by atoms with Crippen molar-refractivity contribution in [3.8, 4) is 0 Å². The van der Waals surface area contributed by atoms with Crippen molar-refractivity contribution in [1.82, 2.24) is 9.80 Å². The molecule has 2 saturated heterocycles. The van der Waals surface area contributed by atoms with Crippen LogP contribution >= 0.6 is 24.8 Å². The van der Waals surface area contributed by atoms with Gasteiger partial charge in [-0.25, -0.2) is 0 Å². The summed E-state index contributed by atoms with van der Waals surface area (Å²) in [7, 11) is 0. The number of piperidine rings is 1. The van der Waals surface area contributed by atoms with Crippen LogP contribution in [-0.4, -0.2) is 54.5 Å². The minimum absolute atomic E-state index is 0. The molecule has 112 valence electrons. The quantitative estimate of drug-likeness (QED) is 0.850. The molecule has 6 heteroatoms. The minimum atomic E-state index is 0. The highest BCUT2D eigenvalue weighted by molar-refractivity contribution is 5.85. The van der Waals surface area contributed by atoms with E-state index in [0.29, 0.717) is 23.8 Å². The van der Waals surface area contributed by atoms with E-state index in [-0.39, 0.29) is 24.8 Å². The van der Waals surface area contributed by atoms with Gasteiger partial charge in [-0.05, 0) is 31.1 Å². The largest absolute Gasteiger partial charge is 0.341 e. The van der Waals surface area contributed by atoms with E-state index in [1.165, 1.54) is 12.8 Å². The summed E-state index contributed by atoms with van der Waals surface area (Å²) in [6.07, 6.45) is 4.43. The summed E-state index contributed by atoms with van der Waals surface area (Å²) in [5.41, 5.74) is 6.20. The maximum Gasteiger partial charge on any atom is 0.222 e. The lowest BCUT2D eigenvalue weighted by atomic mass is 9.93. The summed E-state index contributed by atoms with van der Waals surface area (Å²) in [6.45, 7) is 5.25. The summed E-state index contributed by atoms with van der Waals surface area (Å²) in [5, 5.41) is 0. The number of hydrogen-bond acceptors (Lipinski definition) is 3. The Morgan fingerprint density at radius 2 is 1.74 bits per heavy atom. The third-order valence-electron chi connectivity index (χ3n) is 4.84. The van der Waals surface area contributed by atoms with E-state index in [1.807, 2.05) is 4.90 Å². The molecule has 0 aromatic carbocycles. The van der Waals surface area contributed by atoms with Gasteiger partial charge in [-0.15, -0.1) is 24.8 Å². The van der Waals surface area contributed by atoms with Crippen molar-refractivity contribution in [3.05, 3.63) is 0 Å². The first kappa shape index (κ1) is 17.0. The van der Waals surface area contributed by atoms with E-state index < -0.39 is 0 Å². The molecule has 19 heavy (non-hydrogen) atoms. The van der Waals surface area contributed by atoms with Gasteiger partial charge in [0.1, 0.15) is 0 Å². The predicted molar refractivity (Wildman–Crippen MR) is 80.9 cm³/mol. The zero-order valence-electron chi connectivity index (χ0n) is 11.3. The van der Waals surface area contributed by atoms with Gasteiger partial charge in [0.05, 0.1) is 0 Å². The normalized spacial score (nSPS) is 34.1. The Morgan fingerprint density at radius 3 is 2.26 bits per heavy atom. The Morgan fingerprint density at radius 1 is 1.11 bits per heavy atom. The van der Waals surface area contributed by atoms with Gasteiger partial charge in [0.25, 0.3) is 0 Å². The molecular formula is C13H25Cl2N3O. The second kappa shape index (κ2) is 7.11. The molecule has 0 aromatic rings. The molecule has 3 fully saturated rings. The number of hydrogen-bond donors (Lipinski definition) is 1. The number of likely N-dealkylation sites (tertiary alicyclic amines) is 2. The van der Waals surface area contributed by atoms with E-state index in [9.17, 15) is 4.79 Å². The Kier molecular flexibility index (Phi) is 6.37. The maximum absolute atomic E-state index is 11.5. The van der Waals surface area contributed by atoms with Crippen LogP contribution in [0.3, 0.4) is 0 Å². The van der Waals surface area contributed by atoms with Gasteiger partial charge in [0.15, 0.2) is 0 Å². The van der Waals surface area contributed by atoms with Crippen LogP contribution in [0.25, 0.3) is 0 Å². The highest BCUT2D eigenvalue weighted by Crippen LogP contribution is 2.35. The first-order valence-corrected chi connectivity index (χ1v) is 7.00. The van der Waals surface area contributed by atoms with E-state index in [0.717, 1.165) is 45.6 Å². The molecule has 3 rings (SSSR count). The summed E-state index contributed by atoms with van der Waals surface area (Å²) in [6, 6.07) is 0.444. The number of fused-ring (bicyclic) bond motifs is 2. The number of amides is 1. The fourth-order valence-corrected chi connectivity index (χ4v) is 3.75. The number of carbonyl (C=O) groups excluding carboxylic acids is 1. The van der Waals surface area contributed by atoms with E-state index in [1.54, 1.807) is 0 Å². The number of rotatable bonds is 3. The zero-order chi connectivity index (χ0) is 11.8. The topological polar surface area (TPSA) is 49.6 Å². The predicted octanol–water partition coefficient (Wildman–Crippen LogP) is 1.12. The van der Waals surface area contributed by atoms with Crippen LogP contribution in [0.15, 0.2) is 0 Å². The molecule has 0 aromatic heterocycles. The first-order valence-electron chi connectivity index (χ1n) is 7.00. The van der Waals surface area contributed by atoms with Gasteiger partial charge in [0.2, 0.25) is 5.91 Å². The summed E-state index contributed by atoms with van der Waals surface area (Å²) in [4.78, 5) is 16.1. The number of carbonyl (C=O) groups is 1. The van der Waals surface area contributed by atoms with Crippen LogP contribution in [0, 0.1) is 11.8 Å². The van der Waals surface area contributed by atoms with E-state index >= 15 is 0 Å². The second-order valence-electron chi connectivity index (χ2n) is 5.92. The van der Waals surface area contributed by atoms with Gasteiger partial charge in [-0.3, -0.25) is 4.79 Å². The average molecular weight is 310 g/mol. The molecule has 1 amide bonds. The Hall–Kier alpha value is -0.0300. The van der Waals surface area contributed by atoms with Crippen molar-refractivity contribution < 1.29 is 4.79 Å². The van der Waals surface area contributed by atoms with Crippen LogP contribution in [-0.2, 0) is 4.79 Å². The molecule has 2 N–H and O–H groups in total. The summed E-state index contributed by atoms with van der Waals surface area (Å²) >= 11 is 0. The number of nitrogens with zero attached hydrogens (tertiary/aromatic N) is 2. The van der Waals surface area contributed by atoms with Gasteiger partial charge >= 0.3 is 0 Å². The maximum atomic E-state index is 11.5. The highest BCUT2D eigenvalue weighted by Gasteiger charge is 2.39. The number of nitrogens with two attached hydrogens (primary N) is 1. The Bertz CT molecular complexity index is 302. The third kappa shape index (κ3) is 3.54. The van der Waals surface area contributed by atoms with Crippen LogP contribution in [0.1, 0.15) is 25.7 Å². The Balaban J connectivity index is 0.000000902. The molecule has 0 radical (unpaired) electrons. The molecule has 3 aliphatic rings. The van der Waals surface area contributed by atoms with Crippen molar-refractivity contribution in [2.24, 2.45) is 17.6 Å². The SMILES string of the molecule is Cl.Cl.NC1[C@@H]2CC[C@H]1CN(CCN1CCCC1=O)C2. The lowest BCUT2D eigenvalue weighted by Crippen LogP contribution is -2.50. The third-order valence-corrected chi connectivity index (χ3v) is 4.84. The fourth-order valence-electron chi connectivity index (χ4n) is 3.75. The van der Waals surface area contributed by atoms with Crippen LogP contribution in [0.5, 0.6) is 0 Å². The lowest BCUT2D eigenvalue weighted by Gasteiger charge is -2.36. The van der Waals surface area contributed by atoms with Crippen molar-refractivity contribution in [2.75, 3.05) is 32.7 Å². The monoisotopic (exact) mass is 309 g/mol. The van der Waals surface area contributed by atoms with Crippen LogP contribution < -0.4 is 5.73 Å². The van der Waals surface area contributed by atoms with Gasteiger partial charge < -0.3 is 15.5 Å². The van der Waals surface area contributed by atoms with Gasteiger partial charge in [0, 0.05) is 45.2 Å². The van der Waals surface area contributed by atoms with Crippen LogP contribution in [0.2, 0.25) is 0 Å². The van der Waals surface area contributed by atoms with Crippen molar-refractivity contribution in [3.63, 3.8) is 0 Å². The number of halogens is 2. The molecule has 2 heterocycles. The molecule has 1 unspecified atom stereocenters. The molecule has 0 spiro atoms. The van der Waals surface area contributed by atoms with Crippen molar-refractivity contribution >= 4 is 30.7 Å². The molecule has 3 atom stereocenters. The molecule has 2 aliphatic heterocycles. The first-order chi connectivity index (χ1) is 8.24. The average Bonchev–Trinajstić information content (AvgIpc) is 2.78. The molecule has 1 saturated carbocycles. The fraction of sp³-hybridized carbons (Fsp3) is 0.923. The van der Waals surface area contributed by atoms with Gasteiger partial charge in [-0.2, -0.15) is 0 Å². The molecule has 2 bridgehead atoms. The van der Waals surface area contributed by atoms with Crippen molar-refractivity contribution in [1.29, 1.82) is 0 Å². The molecule has 4 nitrogen and oxygen atoms in total. The Labute approximate surface area is 127 Å². The minimum Gasteiger partial charge on any atom is -0.341 e. The summed E-state index contributed by atoms with van der Waals surface area (Å²) in [5.74, 6) is 1.77. The van der Waals surface area contributed by atoms with E-state index in [2.05, 4.69) is 4.90 Å². The second-order valence-corrected chi connectivity index (χ2v) is 5.92. The van der Waals surface area contributed by atoms with Gasteiger partial charge in [-0.1, -0.05) is 0 Å². The lowest BCUT2D eigenvalue weighted by molar-refractivity contribution is -0.127. The molecular weight excluding hydrogens is 285 g/mol. The van der Waals surface area contributed by atoms with Crippen LogP contribution in [0.4, 0.5) is 0 Å². The summed E-state index contributed by atoms with van der Waals surface area (Å²) < 4.78 is 0. The molecule has 1 aliphatic carbocycles. The van der Waals surface area contributed by atoms with E-state index in [4.69, 9.17) is 5.73 Å². The highest BCUT2D eigenvalue weighted by atomic mass is 35.5. The zero-order valence-corrected chi connectivity index (χ0v) is 12.9. The van der Waals surface area contributed by atoms with Crippen molar-refractivity contribution in [2.45, 2.75) is 31.7 Å².